The van der Waals surface area contributed by atoms with Crippen LogP contribution < -0.4 is 0 Å². The van der Waals surface area contributed by atoms with Crippen molar-refractivity contribution in [2.24, 2.45) is 0 Å². The molecule has 2 heterocycles. The Morgan fingerprint density at radius 3 is 2.75 bits per heavy atom. The van der Waals surface area contributed by atoms with E-state index in [2.05, 4.69) is 0 Å². The minimum Gasteiger partial charge on any atom is -0.391 e. The average molecular weight is 318 g/mol. The Bertz CT molecular complexity index is 566. The fourth-order valence-electron chi connectivity index (χ4n) is 2.71. The van der Waals surface area contributed by atoms with Crippen LogP contribution in [-0.2, 0) is 16.6 Å². The highest BCUT2D eigenvalue weighted by Crippen LogP contribution is 2.32. The minimum absolute atomic E-state index is 0.0480. The van der Waals surface area contributed by atoms with Gasteiger partial charge >= 0.3 is 0 Å². The third kappa shape index (κ3) is 3.07. The molecule has 2 rings (SSSR count). The number of nitrogens with zero attached hydrogens (tertiary/aromatic N) is 2. The van der Waals surface area contributed by atoms with Gasteiger partial charge in [0, 0.05) is 28.9 Å². The number of aliphatic hydroxyl groups excluding tert-OH is 1. The van der Waals surface area contributed by atoms with Crippen LogP contribution in [0.3, 0.4) is 0 Å². The smallest absolute Gasteiger partial charge is 0.244 e. The first-order valence-corrected chi connectivity index (χ1v) is 8.98. The average Bonchev–Trinajstić information content (AvgIpc) is 2.95. The fourth-order valence-corrected chi connectivity index (χ4v) is 5.86. The van der Waals surface area contributed by atoms with E-state index >= 15 is 0 Å². The van der Waals surface area contributed by atoms with E-state index in [1.807, 2.05) is 19.0 Å². The van der Waals surface area contributed by atoms with E-state index in [0.717, 1.165) is 24.3 Å². The summed E-state index contributed by atoms with van der Waals surface area (Å²) in [7, 11) is 0.475. The lowest BCUT2D eigenvalue weighted by atomic mass is 10.2. The van der Waals surface area contributed by atoms with E-state index in [9.17, 15) is 13.5 Å². The van der Waals surface area contributed by atoms with Gasteiger partial charge in [0.05, 0.1) is 11.5 Å². The SMILES string of the molecule is Cc1sc(CO)cc1S(=O)(=O)N1CCCC1CN(C)C. The van der Waals surface area contributed by atoms with Crippen molar-refractivity contribution < 1.29 is 13.5 Å². The van der Waals surface area contributed by atoms with E-state index in [0.29, 0.717) is 16.3 Å². The van der Waals surface area contributed by atoms with E-state index in [1.54, 1.807) is 17.3 Å². The van der Waals surface area contributed by atoms with Crippen LogP contribution in [0.15, 0.2) is 11.0 Å². The second-order valence-electron chi connectivity index (χ2n) is 5.47. The van der Waals surface area contributed by atoms with E-state index in [-0.39, 0.29) is 12.6 Å². The molecule has 20 heavy (non-hydrogen) atoms. The number of sulfonamides is 1. The molecule has 1 atom stereocenters. The molecule has 1 saturated heterocycles. The van der Waals surface area contributed by atoms with Crippen LogP contribution in [0.1, 0.15) is 22.6 Å². The highest BCUT2D eigenvalue weighted by molar-refractivity contribution is 7.89. The summed E-state index contributed by atoms with van der Waals surface area (Å²) >= 11 is 1.35. The van der Waals surface area contributed by atoms with Crippen molar-refractivity contribution in [1.82, 2.24) is 9.21 Å². The number of rotatable bonds is 5. The molecule has 0 spiro atoms. The van der Waals surface area contributed by atoms with E-state index in [4.69, 9.17) is 0 Å². The Hall–Kier alpha value is -0.470. The van der Waals surface area contributed by atoms with Crippen molar-refractivity contribution in [2.45, 2.75) is 37.3 Å². The van der Waals surface area contributed by atoms with Gasteiger partial charge in [-0.3, -0.25) is 0 Å². The highest BCUT2D eigenvalue weighted by Gasteiger charge is 2.36. The molecule has 0 radical (unpaired) electrons. The lowest BCUT2D eigenvalue weighted by molar-refractivity contribution is 0.285. The number of aliphatic hydroxyl groups is 1. The van der Waals surface area contributed by atoms with Crippen molar-refractivity contribution >= 4 is 21.4 Å². The molecule has 1 N–H and O–H groups in total. The standard InChI is InChI=1S/C13H22N2O3S2/c1-10-13(7-12(9-16)19-10)20(17,18)15-6-4-5-11(15)8-14(2)3/h7,11,16H,4-6,8-9H2,1-3H3. The molecule has 7 heteroatoms. The largest absolute Gasteiger partial charge is 0.391 e. The summed E-state index contributed by atoms with van der Waals surface area (Å²) in [6, 6.07) is 1.66. The first kappa shape index (κ1) is 15.9. The molecule has 0 aliphatic carbocycles. The van der Waals surface area contributed by atoms with Gasteiger partial charge in [-0.25, -0.2) is 8.42 Å². The summed E-state index contributed by atoms with van der Waals surface area (Å²) in [5.41, 5.74) is 0. The zero-order chi connectivity index (χ0) is 14.9. The minimum atomic E-state index is -3.45. The molecule has 1 fully saturated rings. The van der Waals surface area contributed by atoms with Gasteiger partial charge in [-0.1, -0.05) is 0 Å². The van der Waals surface area contributed by atoms with Gasteiger partial charge < -0.3 is 10.0 Å². The maximum atomic E-state index is 12.8. The number of hydrogen-bond acceptors (Lipinski definition) is 5. The number of aryl methyl sites for hydroxylation is 1. The molecule has 0 saturated carbocycles. The van der Waals surface area contributed by atoms with E-state index < -0.39 is 10.0 Å². The van der Waals surface area contributed by atoms with Crippen molar-refractivity contribution in [3.05, 3.63) is 15.8 Å². The van der Waals surface area contributed by atoms with Crippen molar-refractivity contribution in [3.63, 3.8) is 0 Å². The summed E-state index contributed by atoms with van der Waals surface area (Å²) in [4.78, 5) is 3.84. The summed E-state index contributed by atoms with van der Waals surface area (Å²) in [5, 5.41) is 9.17. The zero-order valence-corrected chi connectivity index (χ0v) is 13.8. The Morgan fingerprint density at radius 2 is 2.20 bits per heavy atom. The molecule has 1 aromatic heterocycles. The maximum Gasteiger partial charge on any atom is 0.244 e. The molecule has 1 aliphatic heterocycles. The first-order valence-electron chi connectivity index (χ1n) is 6.73. The van der Waals surface area contributed by atoms with Gasteiger partial charge in [-0.05, 0) is 39.9 Å². The normalized spacial score (nSPS) is 20.9. The number of thiophene rings is 1. The van der Waals surface area contributed by atoms with Gasteiger partial charge in [0.15, 0.2) is 0 Å². The summed E-state index contributed by atoms with van der Waals surface area (Å²) in [6.45, 7) is 3.02. The highest BCUT2D eigenvalue weighted by atomic mass is 32.2. The molecule has 5 nitrogen and oxygen atoms in total. The molecule has 114 valence electrons. The molecule has 0 amide bonds. The lowest BCUT2D eigenvalue weighted by Gasteiger charge is -2.26. The molecule has 0 aromatic carbocycles. The third-order valence-electron chi connectivity index (χ3n) is 3.56. The lowest BCUT2D eigenvalue weighted by Crippen LogP contribution is -2.41. The fraction of sp³-hybridized carbons (Fsp3) is 0.692. The monoisotopic (exact) mass is 318 g/mol. The number of hydrogen-bond donors (Lipinski definition) is 1. The topological polar surface area (TPSA) is 60.9 Å². The molecule has 0 bridgehead atoms. The second-order valence-corrected chi connectivity index (χ2v) is 8.67. The Kier molecular flexibility index (Phi) is 4.86. The predicted octanol–water partition coefficient (Wildman–Crippen LogP) is 1.26. The van der Waals surface area contributed by atoms with Crippen LogP contribution >= 0.6 is 11.3 Å². The van der Waals surface area contributed by atoms with Gasteiger partial charge in [-0.2, -0.15) is 4.31 Å². The Morgan fingerprint density at radius 1 is 1.50 bits per heavy atom. The quantitative estimate of drug-likeness (QED) is 0.888. The first-order chi connectivity index (χ1) is 9.36. The van der Waals surface area contributed by atoms with Gasteiger partial charge in [0.2, 0.25) is 10.0 Å². The Balaban J connectivity index is 2.31. The van der Waals surface area contributed by atoms with Crippen LogP contribution in [-0.4, -0.2) is 56.0 Å². The van der Waals surface area contributed by atoms with Crippen LogP contribution in [0.2, 0.25) is 0 Å². The van der Waals surface area contributed by atoms with Gasteiger partial charge in [-0.15, -0.1) is 11.3 Å². The van der Waals surface area contributed by atoms with Crippen molar-refractivity contribution in [3.8, 4) is 0 Å². The Labute approximate surface area is 124 Å². The van der Waals surface area contributed by atoms with Crippen LogP contribution in [0, 0.1) is 6.92 Å². The second kappa shape index (κ2) is 6.11. The van der Waals surface area contributed by atoms with Crippen LogP contribution in [0.25, 0.3) is 0 Å². The number of likely N-dealkylation sites (N-methyl/N-ethyl adjacent to an activating group) is 1. The van der Waals surface area contributed by atoms with E-state index in [1.165, 1.54) is 11.3 Å². The molecular weight excluding hydrogens is 296 g/mol. The summed E-state index contributed by atoms with van der Waals surface area (Å²) in [5.74, 6) is 0. The molecular formula is C13H22N2O3S2. The summed E-state index contributed by atoms with van der Waals surface area (Å²) in [6.07, 6.45) is 1.82. The molecule has 1 unspecified atom stereocenters. The predicted molar refractivity (Wildman–Crippen MR) is 80.4 cm³/mol. The van der Waals surface area contributed by atoms with Gasteiger partial charge in [0.25, 0.3) is 0 Å². The van der Waals surface area contributed by atoms with Crippen molar-refractivity contribution in [1.29, 1.82) is 0 Å². The third-order valence-corrected chi connectivity index (χ3v) is 6.81. The van der Waals surface area contributed by atoms with Crippen molar-refractivity contribution in [2.75, 3.05) is 27.2 Å². The van der Waals surface area contributed by atoms with Gasteiger partial charge in [0.1, 0.15) is 0 Å². The van der Waals surface area contributed by atoms with Crippen LogP contribution in [0.5, 0.6) is 0 Å². The zero-order valence-electron chi connectivity index (χ0n) is 12.2. The summed E-state index contributed by atoms with van der Waals surface area (Å²) < 4.78 is 27.2. The van der Waals surface area contributed by atoms with Crippen LogP contribution in [0.4, 0.5) is 0 Å². The molecule has 1 aliphatic rings. The molecule has 1 aromatic rings. The maximum absolute atomic E-state index is 12.8.